The van der Waals surface area contributed by atoms with Crippen molar-refractivity contribution in [3.8, 4) is 29.7 Å². The Morgan fingerprint density at radius 2 is 1.36 bits per heavy atom. The van der Waals surface area contributed by atoms with E-state index in [1.165, 1.54) is 16.8 Å². The van der Waals surface area contributed by atoms with Gasteiger partial charge in [0.05, 0.1) is 84.2 Å². The van der Waals surface area contributed by atoms with E-state index in [1.807, 2.05) is 119 Å². The third kappa shape index (κ3) is 12.7. The van der Waals surface area contributed by atoms with Crippen molar-refractivity contribution < 1.29 is 41.6 Å². The van der Waals surface area contributed by atoms with Crippen molar-refractivity contribution in [2.75, 3.05) is 45.7 Å². The third-order valence-corrected chi connectivity index (χ3v) is 13.8. The van der Waals surface area contributed by atoms with Crippen molar-refractivity contribution in [1.29, 1.82) is 15.8 Å². The molecular formula is C45H55N7O10P2. The molecule has 1 unspecified atom stereocenters. The number of nitriles is 3. The molecule has 1 aliphatic rings. The van der Waals surface area contributed by atoms with Crippen LogP contribution >= 0.6 is 16.3 Å². The number of hydrogen-bond donors (Lipinski definition) is 1. The fourth-order valence-electron chi connectivity index (χ4n) is 7.18. The Hall–Kier alpha value is -5.21. The summed E-state index contributed by atoms with van der Waals surface area (Å²) >= 11 is 0. The van der Waals surface area contributed by atoms with Crippen molar-refractivity contribution in [1.82, 2.24) is 14.2 Å². The van der Waals surface area contributed by atoms with E-state index in [0.29, 0.717) is 11.5 Å². The van der Waals surface area contributed by atoms with Crippen molar-refractivity contribution in [2.45, 2.75) is 89.5 Å². The molecule has 3 aromatic carbocycles. The summed E-state index contributed by atoms with van der Waals surface area (Å²) in [4.78, 5) is 18.0. The topological polar surface area (TPSA) is 212 Å². The second-order valence-electron chi connectivity index (χ2n) is 15.0. The summed E-state index contributed by atoms with van der Waals surface area (Å²) in [6, 6.07) is 32.5. The highest BCUT2D eigenvalue weighted by Gasteiger charge is 2.45. The maximum absolute atomic E-state index is 13.8. The van der Waals surface area contributed by atoms with Crippen molar-refractivity contribution in [3.05, 3.63) is 118 Å². The Labute approximate surface area is 375 Å². The zero-order valence-electron chi connectivity index (χ0n) is 36.9. The fraction of sp³-hybridized carbons (Fsp3) is 0.444. The molecule has 4 aromatic rings. The van der Waals surface area contributed by atoms with Gasteiger partial charge in [-0.1, -0.05) is 54.6 Å². The van der Waals surface area contributed by atoms with Gasteiger partial charge in [-0.3, -0.25) is 18.7 Å². The molecule has 1 aromatic heterocycles. The van der Waals surface area contributed by atoms with Crippen LogP contribution in [0.5, 0.6) is 11.5 Å². The van der Waals surface area contributed by atoms with Gasteiger partial charge < -0.3 is 28.0 Å². The SMILES string of the molecule is COc1ccc(C(OC[C@H]2O[C@@H](n3ccc(NP(=O)(OCCC#N)OCCC#N)nc3=O)C[C@@H]2OP(OCCC#N)N(C(C)C)C(C)C)(c2ccccc2)c2ccc(OC)cc2)cc1. The molecular weight excluding hydrogens is 860 g/mol. The highest BCUT2D eigenvalue weighted by Crippen LogP contribution is 2.51. The first kappa shape index (κ1) is 49.8. The number of benzene rings is 3. The van der Waals surface area contributed by atoms with Crippen LogP contribution in [0.15, 0.2) is 95.9 Å². The summed E-state index contributed by atoms with van der Waals surface area (Å²) in [7, 11) is -2.67. The van der Waals surface area contributed by atoms with Gasteiger partial charge in [0.25, 0.3) is 8.53 Å². The molecule has 0 radical (unpaired) electrons. The Morgan fingerprint density at radius 1 is 0.828 bits per heavy atom. The minimum Gasteiger partial charge on any atom is -0.497 e. The van der Waals surface area contributed by atoms with Crippen LogP contribution in [-0.2, 0) is 37.7 Å². The molecule has 2 heterocycles. The Kier molecular flexibility index (Phi) is 18.8. The second kappa shape index (κ2) is 24.2. The van der Waals surface area contributed by atoms with Crippen molar-refractivity contribution in [2.24, 2.45) is 0 Å². The van der Waals surface area contributed by atoms with Crippen LogP contribution in [0.4, 0.5) is 5.82 Å². The number of nitrogens with zero attached hydrogens (tertiary/aromatic N) is 6. The van der Waals surface area contributed by atoms with E-state index < -0.39 is 46.0 Å². The van der Waals surface area contributed by atoms with Crippen LogP contribution in [0, 0.1) is 34.0 Å². The summed E-state index contributed by atoms with van der Waals surface area (Å²) in [6.45, 7) is 7.84. The first-order valence-electron chi connectivity index (χ1n) is 20.8. The van der Waals surface area contributed by atoms with Crippen molar-refractivity contribution in [3.63, 3.8) is 0 Å². The molecule has 1 aliphatic heterocycles. The highest BCUT2D eigenvalue weighted by atomic mass is 31.2. The van der Waals surface area contributed by atoms with Gasteiger partial charge >= 0.3 is 13.4 Å². The fourth-order valence-corrected chi connectivity index (χ4v) is 10.2. The molecule has 0 bridgehead atoms. The zero-order chi connectivity index (χ0) is 46.1. The highest BCUT2D eigenvalue weighted by molar-refractivity contribution is 7.55. The summed E-state index contributed by atoms with van der Waals surface area (Å²) in [5.41, 5.74) is 0.493. The second-order valence-corrected chi connectivity index (χ2v) is 18.1. The number of nitrogens with one attached hydrogen (secondary N) is 1. The van der Waals surface area contributed by atoms with E-state index in [4.69, 9.17) is 47.6 Å². The minimum absolute atomic E-state index is 0.00694. The van der Waals surface area contributed by atoms with Gasteiger partial charge in [0.1, 0.15) is 35.2 Å². The lowest BCUT2D eigenvalue weighted by molar-refractivity contribution is -0.0925. The van der Waals surface area contributed by atoms with Gasteiger partial charge in [0, 0.05) is 24.7 Å². The normalized spacial score (nSPS) is 16.9. The Bertz CT molecular complexity index is 2240. The van der Waals surface area contributed by atoms with Crippen LogP contribution in [0.25, 0.3) is 0 Å². The zero-order valence-corrected chi connectivity index (χ0v) is 38.7. The van der Waals surface area contributed by atoms with E-state index >= 15 is 0 Å². The third-order valence-electron chi connectivity index (χ3n) is 10.0. The number of methoxy groups -OCH3 is 2. The maximum atomic E-state index is 13.8. The molecule has 4 atom stereocenters. The maximum Gasteiger partial charge on any atom is 0.433 e. The number of hydrogen-bond acceptors (Lipinski definition) is 15. The van der Waals surface area contributed by atoms with Crippen molar-refractivity contribution >= 4 is 22.1 Å². The molecule has 19 heteroatoms. The van der Waals surface area contributed by atoms with Crippen LogP contribution in [0.2, 0.25) is 0 Å². The average molecular weight is 916 g/mol. The Morgan fingerprint density at radius 3 is 1.86 bits per heavy atom. The molecule has 340 valence electrons. The van der Waals surface area contributed by atoms with Crippen LogP contribution in [-0.4, -0.2) is 79.2 Å². The van der Waals surface area contributed by atoms with E-state index in [0.717, 1.165) is 16.7 Å². The standard InChI is InChI=1S/C45H55N7O10P2/c1-33(2)52(34(3)4)63(58-28-10-24-46)62-40-31-43(51-27-23-42(49-44(51)53)50-64(54,59-29-11-25-47)60-30-12-26-48)61-41(40)32-57-45(35-13-8-7-9-14-35,36-15-19-38(55-5)20-16-36)37-17-21-39(56-6)22-18-37/h7-9,13-23,27,33-34,40-41,43H,10-12,28-32H2,1-6H3,(H,49,50,53,54)/t40-,41+,43+,63?/m0/s1. The van der Waals surface area contributed by atoms with Gasteiger partial charge in [0.15, 0.2) is 0 Å². The average Bonchev–Trinajstić information content (AvgIpc) is 3.69. The molecule has 0 amide bonds. The lowest BCUT2D eigenvalue weighted by atomic mass is 9.80. The van der Waals surface area contributed by atoms with Crippen LogP contribution in [0.1, 0.15) is 76.3 Å². The molecule has 0 saturated carbocycles. The Balaban J connectivity index is 1.56. The van der Waals surface area contributed by atoms with Gasteiger partial charge in [-0.15, -0.1) is 0 Å². The van der Waals surface area contributed by atoms with E-state index in [1.54, 1.807) is 14.2 Å². The number of aromatic nitrogens is 2. The smallest absolute Gasteiger partial charge is 0.433 e. The lowest BCUT2D eigenvalue weighted by Crippen LogP contribution is -2.39. The van der Waals surface area contributed by atoms with Gasteiger partial charge in [-0.2, -0.15) is 20.8 Å². The summed E-state index contributed by atoms with van der Waals surface area (Å²) < 4.78 is 66.0. The number of ether oxygens (including phenoxy) is 4. The minimum atomic E-state index is -4.13. The summed E-state index contributed by atoms with van der Waals surface area (Å²) in [5.74, 6) is 1.22. The predicted octanol–water partition coefficient (Wildman–Crippen LogP) is 8.60. The van der Waals surface area contributed by atoms with E-state index in [2.05, 4.69) is 20.8 Å². The predicted molar refractivity (Wildman–Crippen MR) is 239 cm³/mol. The first-order chi connectivity index (χ1) is 30.9. The molecule has 64 heavy (non-hydrogen) atoms. The summed E-state index contributed by atoms with van der Waals surface area (Å²) in [5, 5.41) is 29.9. The molecule has 1 saturated heterocycles. The number of rotatable bonds is 25. The van der Waals surface area contributed by atoms with E-state index in [9.17, 15) is 14.6 Å². The quantitative estimate of drug-likeness (QED) is 0.0374. The first-order valence-corrected chi connectivity index (χ1v) is 23.5. The largest absolute Gasteiger partial charge is 0.497 e. The monoisotopic (exact) mass is 915 g/mol. The molecule has 1 N–H and O–H groups in total. The molecule has 17 nitrogen and oxygen atoms in total. The van der Waals surface area contributed by atoms with Gasteiger partial charge in [-0.25, -0.2) is 14.0 Å². The molecule has 5 rings (SSSR count). The van der Waals surface area contributed by atoms with Crippen LogP contribution in [0.3, 0.4) is 0 Å². The van der Waals surface area contributed by atoms with Crippen LogP contribution < -0.4 is 20.3 Å². The molecule has 1 fully saturated rings. The van der Waals surface area contributed by atoms with Gasteiger partial charge in [-0.05, 0) is 74.7 Å². The van der Waals surface area contributed by atoms with E-state index in [-0.39, 0.29) is 70.0 Å². The summed E-state index contributed by atoms with van der Waals surface area (Å²) in [6.07, 6.45) is -0.765. The lowest BCUT2D eigenvalue weighted by Gasteiger charge is -2.39. The van der Waals surface area contributed by atoms with Gasteiger partial charge in [0.2, 0.25) is 0 Å². The molecule has 0 aliphatic carbocycles. The molecule has 0 spiro atoms. The number of anilines is 1.